The number of nitrogens with one attached hydrogen (secondary N) is 1. The Hall–Kier alpha value is -3.98. The minimum atomic E-state index is -0.452. The molecule has 0 fully saturated rings. The number of nitrogens with zero attached hydrogens (tertiary/aromatic N) is 5. The third-order valence-electron chi connectivity index (χ3n) is 5.15. The Morgan fingerprint density at radius 2 is 1.70 bits per heavy atom. The van der Waals surface area contributed by atoms with Crippen LogP contribution in [-0.2, 0) is 11.2 Å². The van der Waals surface area contributed by atoms with Crippen LogP contribution in [0.4, 0.5) is 5.69 Å². The smallest absolute Gasteiger partial charge is 0.228 e. The molecule has 0 saturated heterocycles. The summed E-state index contributed by atoms with van der Waals surface area (Å²) in [5, 5.41) is 11.3. The fourth-order valence-corrected chi connectivity index (χ4v) is 4.34. The number of rotatable bonds is 6. The van der Waals surface area contributed by atoms with Gasteiger partial charge < -0.3 is 5.32 Å². The van der Waals surface area contributed by atoms with E-state index in [4.69, 9.17) is 0 Å². The van der Waals surface area contributed by atoms with Crippen molar-refractivity contribution < 1.29 is 9.59 Å². The van der Waals surface area contributed by atoms with Gasteiger partial charge in [-0.3, -0.25) is 19.6 Å². The second kappa shape index (κ2) is 8.87. The summed E-state index contributed by atoms with van der Waals surface area (Å²) in [7, 11) is 0. The van der Waals surface area contributed by atoms with Gasteiger partial charge in [-0.1, -0.05) is 23.9 Å². The number of aromatic nitrogens is 5. The molecule has 0 spiro atoms. The lowest BCUT2D eigenvalue weighted by Crippen LogP contribution is -2.15. The van der Waals surface area contributed by atoms with Crippen LogP contribution >= 0.6 is 11.8 Å². The molecule has 162 valence electrons. The molecule has 9 heteroatoms. The van der Waals surface area contributed by atoms with E-state index < -0.39 is 5.25 Å². The van der Waals surface area contributed by atoms with Gasteiger partial charge in [0.05, 0.1) is 23.1 Å². The maximum absolute atomic E-state index is 13.0. The zero-order valence-electron chi connectivity index (χ0n) is 17.6. The van der Waals surface area contributed by atoms with Crippen molar-refractivity contribution in [1.29, 1.82) is 0 Å². The second-order valence-electron chi connectivity index (χ2n) is 7.44. The quantitative estimate of drug-likeness (QED) is 0.345. The zero-order valence-corrected chi connectivity index (χ0v) is 18.4. The summed E-state index contributed by atoms with van der Waals surface area (Å²) in [5.74, 6) is -0.134. The molecule has 1 amide bonds. The fraction of sp³-hybridized carbons (Fsp3) is 0.125. The summed E-state index contributed by atoms with van der Waals surface area (Å²) in [6.45, 7) is 1.81. The molecule has 5 rings (SSSR count). The molecule has 1 unspecified atom stereocenters. The molecule has 8 nitrogen and oxygen atoms in total. The second-order valence-corrected chi connectivity index (χ2v) is 8.75. The number of carbonyl (C=O) groups is 2. The van der Waals surface area contributed by atoms with Crippen molar-refractivity contribution in [3.05, 3.63) is 78.1 Å². The minimum absolute atomic E-state index is 0.0634. The van der Waals surface area contributed by atoms with E-state index in [1.807, 2.05) is 36.4 Å². The van der Waals surface area contributed by atoms with Crippen LogP contribution < -0.4 is 5.32 Å². The van der Waals surface area contributed by atoms with Gasteiger partial charge in [0.2, 0.25) is 11.1 Å². The number of thioether (sulfide) groups is 1. The fourth-order valence-electron chi connectivity index (χ4n) is 3.55. The highest BCUT2D eigenvalue weighted by atomic mass is 32.2. The molecular formula is C24H18N6O2S. The van der Waals surface area contributed by atoms with Crippen molar-refractivity contribution in [2.75, 3.05) is 5.32 Å². The van der Waals surface area contributed by atoms with Crippen LogP contribution in [0.5, 0.6) is 0 Å². The highest BCUT2D eigenvalue weighted by Gasteiger charge is 2.24. The van der Waals surface area contributed by atoms with Crippen LogP contribution in [0.25, 0.3) is 22.8 Å². The summed E-state index contributed by atoms with van der Waals surface area (Å²) in [4.78, 5) is 38.1. The molecule has 1 N–H and O–H groups in total. The average Bonchev–Trinajstić information content (AvgIpc) is 3.23. The van der Waals surface area contributed by atoms with Gasteiger partial charge >= 0.3 is 0 Å². The molecule has 1 atom stereocenters. The lowest BCUT2D eigenvalue weighted by molar-refractivity contribution is -0.115. The van der Waals surface area contributed by atoms with E-state index in [1.54, 1.807) is 37.5 Å². The first-order valence-corrected chi connectivity index (χ1v) is 11.2. The minimum Gasteiger partial charge on any atom is -0.326 e. The van der Waals surface area contributed by atoms with E-state index in [2.05, 4.69) is 30.5 Å². The van der Waals surface area contributed by atoms with E-state index in [0.29, 0.717) is 33.5 Å². The Bertz CT molecular complexity index is 1350. The van der Waals surface area contributed by atoms with Crippen molar-refractivity contribution in [1.82, 2.24) is 25.1 Å². The number of anilines is 1. The van der Waals surface area contributed by atoms with Gasteiger partial charge in [-0.15, -0.1) is 10.2 Å². The molecule has 1 aliphatic heterocycles. The van der Waals surface area contributed by atoms with Crippen LogP contribution in [0.3, 0.4) is 0 Å². The van der Waals surface area contributed by atoms with E-state index in [0.717, 1.165) is 11.3 Å². The zero-order chi connectivity index (χ0) is 22.8. The number of benzene rings is 1. The first-order valence-electron chi connectivity index (χ1n) is 10.3. The third kappa shape index (κ3) is 4.35. The number of hydrogen-bond acceptors (Lipinski definition) is 8. The van der Waals surface area contributed by atoms with Crippen molar-refractivity contribution in [2.24, 2.45) is 0 Å². The van der Waals surface area contributed by atoms with Gasteiger partial charge in [-0.25, -0.2) is 4.98 Å². The molecule has 4 aromatic rings. The summed E-state index contributed by atoms with van der Waals surface area (Å²) in [6.07, 6.45) is 3.65. The number of fused-ring (bicyclic) bond motifs is 1. The Morgan fingerprint density at radius 3 is 2.39 bits per heavy atom. The Kier molecular flexibility index (Phi) is 5.62. The normalized spacial score (nSPS) is 13.3. The largest absolute Gasteiger partial charge is 0.326 e. The van der Waals surface area contributed by atoms with E-state index in [1.165, 1.54) is 11.8 Å². The topological polar surface area (TPSA) is 111 Å². The maximum atomic E-state index is 13.0. The number of carbonyl (C=O) groups excluding carboxylic acids is 2. The highest BCUT2D eigenvalue weighted by Crippen LogP contribution is 2.30. The number of amides is 1. The summed E-state index contributed by atoms with van der Waals surface area (Å²) in [6, 6.07) is 16.4. The molecule has 4 heterocycles. The van der Waals surface area contributed by atoms with Crippen LogP contribution in [0.1, 0.15) is 22.8 Å². The first kappa shape index (κ1) is 20.9. The van der Waals surface area contributed by atoms with Crippen LogP contribution in [0.2, 0.25) is 0 Å². The van der Waals surface area contributed by atoms with E-state index >= 15 is 0 Å². The summed E-state index contributed by atoms with van der Waals surface area (Å²) in [5.41, 5.74) is 4.49. The third-order valence-corrected chi connectivity index (χ3v) is 6.10. The number of ketones is 1. The van der Waals surface area contributed by atoms with Crippen molar-refractivity contribution in [2.45, 2.75) is 23.8 Å². The number of pyridine rings is 2. The van der Waals surface area contributed by atoms with E-state index in [9.17, 15) is 9.59 Å². The summed E-state index contributed by atoms with van der Waals surface area (Å²) < 4.78 is 0. The molecule has 1 aromatic carbocycles. The number of hydrogen-bond donors (Lipinski definition) is 1. The Morgan fingerprint density at radius 1 is 0.970 bits per heavy atom. The molecule has 1 aliphatic rings. The van der Waals surface area contributed by atoms with Gasteiger partial charge in [0.1, 0.15) is 11.4 Å². The first-order chi connectivity index (χ1) is 16.1. The molecule has 0 bridgehead atoms. The lowest BCUT2D eigenvalue weighted by Gasteiger charge is -2.12. The van der Waals surface area contributed by atoms with Gasteiger partial charge in [-0.2, -0.15) is 0 Å². The molecule has 0 radical (unpaired) electrons. The molecule has 0 aliphatic carbocycles. The van der Waals surface area contributed by atoms with Crippen molar-refractivity contribution >= 4 is 29.1 Å². The van der Waals surface area contributed by atoms with Crippen LogP contribution in [-0.4, -0.2) is 42.1 Å². The summed E-state index contributed by atoms with van der Waals surface area (Å²) >= 11 is 1.23. The lowest BCUT2D eigenvalue weighted by atomic mass is 10.0. The number of Topliss-reactive ketones (excluding diaryl/α,β-unsaturated/α-hetero) is 1. The van der Waals surface area contributed by atoms with Gasteiger partial charge in [-0.05, 0) is 55.0 Å². The maximum Gasteiger partial charge on any atom is 0.228 e. The standard InChI is InChI=1S/C24H18N6O2S/c1-14(23(32)15-8-9-17-16(12-15)13-20(31)27-17)33-24-28-21(18-6-2-4-10-25-18)22(29-30-24)19-7-3-5-11-26-19/h2-12,14H,13H2,1H3,(H,27,31). The highest BCUT2D eigenvalue weighted by molar-refractivity contribution is 8.00. The molecule has 33 heavy (non-hydrogen) atoms. The Labute approximate surface area is 193 Å². The predicted octanol–water partition coefficient (Wildman–Crippen LogP) is 3.85. The van der Waals surface area contributed by atoms with Gasteiger partial charge in [0.15, 0.2) is 5.78 Å². The Balaban J connectivity index is 1.43. The molecule has 3 aromatic heterocycles. The monoisotopic (exact) mass is 454 g/mol. The SMILES string of the molecule is CC(Sc1nnc(-c2ccccn2)c(-c2ccccn2)n1)C(=O)c1ccc2c(c1)CC(=O)N2. The van der Waals surface area contributed by atoms with Gasteiger partial charge in [0, 0.05) is 23.6 Å². The van der Waals surface area contributed by atoms with Crippen LogP contribution in [0.15, 0.2) is 72.1 Å². The van der Waals surface area contributed by atoms with Gasteiger partial charge in [0.25, 0.3) is 0 Å². The van der Waals surface area contributed by atoms with E-state index in [-0.39, 0.29) is 18.1 Å². The van der Waals surface area contributed by atoms with Crippen molar-refractivity contribution in [3.8, 4) is 22.8 Å². The average molecular weight is 455 g/mol. The molecule has 0 saturated carbocycles. The van der Waals surface area contributed by atoms with Crippen LogP contribution in [0, 0.1) is 0 Å². The predicted molar refractivity (Wildman–Crippen MR) is 125 cm³/mol. The van der Waals surface area contributed by atoms with Crippen molar-refractivity contribution in [3.63, 3.8) is 0 Å². The molecular weight excluding hydrogens is 436 g/mol.